The van der Waals surface area contributed by atoms with Crippen LogP contribution in [0.2, 0.25) is 0 Å². The third kappa shape index (κ3) is 3.08. The average molecular weight is 238 g/mol. The van der Waals surface area contributed by atoms with Crippen LogP contribution in [0, 0.1) is 0 Å². The van der Waals surface area contributed by atoms with Gasteiger partial charge in [0.2, 0.25) is 5.91 Å². The second-order valence-corrected chi connectivity index (χ2v) is 4.65. The fourth-order valence-electron chi connectivity index (χ4n) is 1.71. The summed E-state index contributed by atoms with van der Waals surface area (Å²) in [6.07, 6.45) is 1.59. The lowest BCUT2D eigenvalue weighted by molar-refractivity contribution is -0.136. The Balaban J connectivity index is 1.73. The van der Waals surface area contributed by atoms with Gasteiger partial charge in [0, 0.05) is 13.1 Å². The molecule has 1 aromatic rings. The minimum atomic E-state index is -0.189. The number of hydrogen-bond acceptors (Lipinski definition) is 4. The lowest BCUT2D eigenvalue weighted by Crippen LogP contribution is -2.59. The van der Waals surface area contributed by atoms with Gasteiger partial charge in [-0.2, -0.15) is 0 Å². The standard InChI is InChI=1S/C12H18N2O3/c1-9(10-4-3-5-16-10)14-11(15)6-17-12(2)7-13-8-12/h3-5,9,13H,6-8H2,1-2H3,(H,14,15). The number of amides is 1. The molecular weight excluding hydrogens is 220 g/mol. The van der Waals surface area contributed by atoms with Gasteiger partial charge in [-0.1, -0.05) is 0 Å². The molecule has 2 N–H and O–H groups in total. The Hall–Kier alpha value is -1.33. The van der Waals surface area contributed by atoms with Gasteiger partial charge >= 0.3 is 0 Å². The third-order valence-electron chi connectivity index (χ3n) is 2.90. The fourth-order valence-corrected chi connectivity index (χ4v) is 1.71. The van der Waals surface area contributed by atoms with Gasteiger partial charge in [0.25, 0.3) is 0 Å². The number of hydrogen-bond donors (Lipinski definition) is 2. The summed E-state index contributed by atoms with van der Waals surface area (Å²) in [6.45, 7) is 5.56. The maximum absolute atomic E-state index is 11.6. The SMILES string of the molecule is CC(NC(=O)COC1(C)CNC1)c1ccco1. The summed E-state index contributed by atoms with van der Waals surface area (Å²) in [5.41, 5.74) is -0.189. The number of ether oxygens (including phenoxy) is 1. The molecule has 0 radical (unpaired) electrons. The highest BCUT2D eigenvalue weighted by Gasteiger charge is 2.33. The quantitative estimate of drug-likeness (QED) is 0.797. The number of rotatable bonds is 5. The largest absolute Gasteiger partial charge is 0.467 e. The highest BCUT2D eigenvalue weighted by molar-refractivity contribution is 5.77. The van der Waals surface area contributed by atoms with Crippen LogP contribution in [-0.4, -0.2) is 31.2 Å². The van der Waals surface area contributed by atoms with Crippen LogP contribution in [0.25, 0.3) is 0 Å². The smallest absolute Gasteiger partial charge is 0.246 e. The van der Waals surface area contributed by atoms with Crippen LogP contribution in [-0.2, 0) is 9.53 Å². The van der Waals surface area contributed by atoms with E-state index in [9.17, 15) is 4.79 Å². The zero-order chi connectivity index (χ0) is 12.3. The molecule has 1 aliphatic rings. The molecule has 1 fully saturated rings. The van der Waals surface area contributed by atoms with E-state index in [1.807, 2.05) is 19.9 Å². The van der Waals surface area contributed by atoms with Crippen LogP contribution in [0.1, 0.15) is 25.6 Å². The molecule has 1 unspecified atom stereocenters. The summed E-state index contributed by atoms with van der Waals surface area (Å²) in [6, 6.07) is 3.51. The van der Waals surface area contributed by atoms with Crippen LogP contribution in [0.3, 0.4) is 0 Å². The van der Waals surface area contributed by atoms with Crippen molar-refractivity contribution < 1.29 is 13.9 Å². The van der Waals surface area contributed by atoms with Crippen molar-refractivity contribution in [1.29, 1.82) is 0 Å². The highest BCUT2D eigenvalue weighted by atomic mass is 16.5. The van der Waals surface area contributed by atoms with Gasteiger partial charge in [-0.15, -0.1) is 0 Å². The number of furan rings is 1. The molecule has 1 atom stereocenters. The fraction of sp³-hybridized carbons (Fsp3) is 0.583. The Morgan fingerprint density at radius 3 is 3.00 bits per heavy atom. The summed E-state index contributed by atoms with van der Waals surface area (Å²) in [5.74, 6) is 0.622. The molecule has 1 aliphatic heterocycles. The molecule has 17 heavy (non-hydrogen) atoms. The minimum Gasteiger partial charge on any atom is -0.467 e. The second-order valence-electron chi connectivity index (χ2n) is 4.65. The molecular formula is C12H18N2O3. The molecule has 94 valence electrons. The first-order valence-corrected chi connectivity index (χ1v) is 5.76. The van der Waals surface area contributed by atoms with E-state index < -0.39 is 0 Å². The van der Waals surface area contributed by atoms with E-state index in [0.717, 1.165) is 18.8 Å². The van der Waals surface area contributed by atoms with Crippen molar-refractivity contribution in [2.75, 3.05) is 19.7 Å². The van der Waals surface area contributed by atoms with Crippen molar-refractivity contribution in [2.24, 2.45) is 0 Å². The van der Waals surface area contributed by atoms with Gasteiger partial charge < -0.3 is 19.8 Å². The molecule has 5 heteroatoms. The predicted octanol–water partition coefficient (Wildman–Crippen LogP) is 0.835. The Bertz CT molecular complexity index is 371. The number of carbonyl (C=O) groups excluding carboxylic acids is 1. The van der Waals surface area contributed by atoms with E-state index in [-0.39, 0.29) is 24.2 Å². The summed E-state index contributed by atoms with van der Waals surface area (Å²) in [7, 11) is 0. The van der Waals surface area contributed by atoms with Crippen LogP contribution >= 0.6 is 0 Å². The highest BCUT2D eigenvalue weighted by Crippen LogP contribution is 2.15. The molecule has 5 nitrogen and oxygen atoms in total. The Labute approximate surface area is 101 Å². The molecule has 0 saturated carbocycles. The van der Waals surface area contributed by atoms with E-state index in [4.69, 9.17) is 9.15 Å². The minimum absolute atomic E-state index is 0.0865. The lowest BCUT2D eigenvalue weighted by Gasteiger charge is -2.38. The third-order valence-corrected chi connectivity index (χ3v) is 2.90. The molecule has 1 saturated heterocycles. The lowest BCUT2D eigenvalue weighted by atomic mass is 10.0. The Morgan fingerprint density at radius 2 is 2.47 bits per heavy atom. The normalized spacial score (nSPS) is 19.4. The monoisotopic (exact) mass is 238 g/mol. The summed E-state index contributed by atoms with van der Waals surface area (Å²) >= 11 is 0. The molecule has 0 spiro atoms. The van der Waals surface area contributed by atoms with Crippen molar-refractivity contribution in [3.63, 3.8) is 0 Å². The van der Waals surface area contributed by atoms with Crippen molar-refractivity contribution in [2.45, 2.75) is 25.5 Å². The van der Waals surface area contributed by atoms with Gasteiger partial charge in [0.1, 0.15) is 12.4 Å². The second kappa shape index (κ2) is 4.89. The molecule has 0 bridgehead atoms. The van der Waals surface area contributed by atoms with Crippen molar-refractivity contribution in [1.82, 2.24) is 10.6 Å². The number of carbonyl (C=O) groups is 1. The molecule has 2 heterocycles. The maximum Gasteiger partial charge on any atom is 0.246 e. The van der Waals surface area contributed by atoms with Crippen LogP contribution in [0.5, 0.6) is 0 Å². The number of nitrogens with one attached hydrogen (secondary N) is 2. The summed E-state index contributed by atoms with van der Waals surface area (Å²) in [5, 5.41) is 5.94. The van der Waals surface area contributed by atoms with E-state index in [1.54, 1.807) is 12.3 Å². The molecule has 0 aliphatic carbocycles. The van der Waals surface area contributed by atoms with E-state index >= 15 is 0 Å². The van der Waals surface area contributed by atoms with E-state index in [0.29, 0.717) is 0 Å². The van der Waals surface area contributed by atoms with Crippen molar-refractivity contribution in [3.8, 4) is 0 Å². The van der Waals surface area contributed by atoms with Crippen LogP contribution < -0.4 is 10.6 Å². The predicted molar refractivity (Wildman–Crippen MR) is 62.5 cm³/mol. The van der Waals surface area contributed by atoms with Gasteiger partial charge in [0.15, 0.2) is 0 Å². The van der Waals surface area contributed by atoms with Crippen LogP contribution in [0.15, 0.2) is 22.8 Å². The Morgan fingerprint density at radius 1 is 1.71 bits per heavy atom. The van der Waals surface area contributed by atoms with Crippen molar-refractivity contribution in [3.05, 3.63) is 24.2 Å². The first-order chi connectivity index (χ1) is 8.09. The molecule has 1 amide bonds. The molecule has 2 rings (SSSR count). The van der Waals surface area contributed by atoms with Gasteiger partial charge in [-0.05, 0) is 26.0 Å². The average Bonchev–Trinajstić information content (AvgIpc) is 2.77. The molecule has 0 aromatic carbocycles. The zero-order valence-corrected chi connectivity index (χ0v) is 10.2. The maximum atomic E-state index is 11.6. The van der Waals surface area contributed by atoms with Gasteiger partial charge in [0.05, 0.1) is 17.9 Å². The van der Waals surface area contributed by atoms with E-state index in [2.05, 4.69) is 10.6 Å². The summed E-state index contributed by atoms with van der Waals surface area (Å²) in [4.78, 5) is 11.6. The van der Waals surface area contributed by atoms with Gasteiger partial charge in [-0.3, -0.25) is 4.79 Å². The topological polar surface area (TPSA) is 63.5 Å². The van der Waals surface area contributed by atoms with Gasteiger partial charge in [-0.25, -0.2) is 0 Å². The van der Waals surface area contributed by atoms with Crippen molar-refractivity contribution >= 4 is 5.91 Å². The van der Waals surface area contributed by atoms with Crippen LogP contribution in [0.4, 0.5) is 0 Å². The molecule has 1 aromatic heterocycles. The Kier molecular flexibility index (Phi) is 3.49. The first kappa shape index (κ1) is 12.1. The first-order valence-electron chi connectivity index (χ1n) is 5.76. The zero-order valence-electron chi connectivity index (χ0n) is 10.2. The van der Waals surface area contributed by atoms with E-state index in [1.165, 1.54) is 0 Å². The summed E-state index contributed by atoms with van der Waals surface area (Å²) < 4.78 is 10.7.